The molecule has 1 fully saturated rings. The number of rotatable bonds is 2. The van der Waals surface area contributed by atoms with Crippen LogP contribution in [-0.4, -0.2) is 23.9 Å². The number of carbonyl (C=O) groups excluding carboxylic acids is 1. The van der Waals surface area contributed by atoms with Crippen molar-refractivity contribution in [3.63, 3.8) is 0 Å². The van der Waals surface area contributed by atoms with Crippen molar-refractivity contribution in [3.8, 4) is 5.75 Å². The van der Waals surface area contributed by atoms with Crippen LogP contribution in [0.2, 0.25) is 0 Å². The molecule has 18 heavy (non-hydrogen) atoms. The number of alkyl halides is 3. The Labute approximate surface area is 105 Å². The van der Waals surface area contributed by atoms with Crippen LogP contribution in [0.3, 0.4) is 0 Å². The molecule has 0 spiro atoms. The van der Waals surface area contributed by atoms with Crippen LogP contribution in [0.5, 0.6) is 5.75 Å². The van der Waals surface area contributed by atoms with Crippen molar-refractivity contribution in [2.24, 2.45) is 0 Å². The Bertz CT molecular complexity index is 471. The van der Waals surface area contributed by atoms with E-state index in [-0.39, 0.29) is 23.3 Å². The topological polar surface area (TPSA) is 41.6 Å². The van der Waals surface area contributed by atoms with Crippen LogP contribution >= 0.6 is 12.2 Å². The number of benzene rings is 1. The second kappa shape index (κ2) is 4.45. The number of nitrogens with zero attached hydrogens (tertiary/aromatic N) is 1. The van der Waals surface area contributed by atoms with Gasteiger partial charge in [-0.25, -0.2) is 0 Å². The van der Waals surface area contributed by atoms with E-state index in [4.69, 9.17) is 12.2 Å². The van der Waals surface area contributed by atoms with Crippen LogP contribution in [0, 0.1) is 0 Å². The molecule has 1 heterocycles. The Hall–Kier alpha value is -1.83. The largest absolute Gasteiger partial charge is 0.573 e. The third-order valence-corrected chi connectivity index (χ3v) is 2.50. The second-order valence-electron chi connectivity index (χ2n) is 3.43. The van der Waals surface area contributed by atoms with Crippen molar-refractivity contribution in [3.05, 3.63) is 24.3 Å². The van der Waals surface area contributed by atoms with Crippen molar-refractivity contribution < 1.29 is 22.7 Å². The van der Waals surface area contributed by atoms with Gasteiger partial charge in [-0.3, -0.25) is 9.69 Å². The van der Waals surface area contributed by atoms with Crippen molar-refractivity contribution in [1.82, 2.24) is 5.32 Å². The van der Waals surface area contributed by atoms with Gasteiger partial charge in [0.1, 0.15) is 5.75 Å². The van der Waals surface area contributed by atoms with Gasteiger partial charge in [0.2, 0.25) is 0 Å². The first-order valence-electron chi connectivity index (χ1n) is 4.83. The summed E-state index contributed by atoms with van der Waals surface area (Å²) in [5.74, 6) is -0.610. The maximum absolute atomic E-state index is 11.9. The number of nitrogens with one attached hydrogen (secondary N) is 1. The van der Waals surface area contributed by atoms with Gasteiger partial charge in [-0.05, 0) is 36.5 Å². The quantitative estimate of drug-likeness (QED) is 0.836. The van der Waals surface area contributed by atoms with E-state index in [0.717, 1.165) is 12.1 Å². The maximum Gasteiger partial charge on any atom is 0.573 e. The average Bonchev–Trinajstić information content (AvgIpc) is 2.58. The molecule has 0 aliphatic carbocycles. The lowest BCUT2D eigenvalue weighted by Gasteiger charge is -2.15. The summed E-state index contributed by atoms with van der Waals surface area (Å²) in [7, 11) is 0. The molecular formula is C10H7F3N2O2S. The van der Waals surface area contributed by atoms with Crippen LogP contribution in [0.25, 0.3) is 0 Å². The fourth-order valence-electron chi connectivity index (χ4n) is 1.48. The number of anilines is 1. The smallest absolute Gasteiger partial charge is 0.406 e. The molecular weight excluding hydrogens is 269 g/mol. The molecule has 0 unspecified atom stereocenters. The van der Waals surface area contributed by atoms with E-state index in [9.17, 15) is 18.0 Å². The van der Waals surface area contributed by atoms with Gasteiger partial charge in [0.15, 0.2) is 5.11 Å². The molecule has 8 heteroatoms. The van der Waals surface area contributed by atoms with Gasteiger partial charge in [0.05, 0.1) is 12.2 Å². The van der Waals surface area contributed by atoms with Crippen molar-refractivity contribution in [2.75, 3.05) is 11.4 Å². The van der Waals surface area contributed by atoms with E-state index < -0.39 is 6.36 Å². The Morgan fingerprint density at radius 2 is 1.89 bits per heavy atom. The number of ether oxygens (including phenoxy) is 1. The fourth-order valence-corrected chi connectivity index (χ4v) is 1.76. The van der Waals surface area contributed by atoms with Gasteiger partial charge in [-0.15, -0.1) is 13.2 Å². The molecule has 1 aliphatic rings. The van der Waals surface area contributed by atoms with Gasteiger partial charge in [0, 0.05) is 0 Å². The molecule has 96 valence electrons. The Kier molecular flexibility index (Phi) is 3.12. The minimum Gasteiger partial charge on any atom is -0.406 e. The zero-order chi connectivity index (χ0) is 13.3. The second-order valence-corrected chi connectivity index (χ2v) is 3.82. The van der Waals surface area contributed by atoms with Gasteiger partial charge < -0.3 is 10.1 Å². The van der Waals surface area contributed by atoms with E-state index >= 15 is 0 Å². The highest BCUT2D eigenvalue weighted by molar-refractivity contribution is 7.80. The number of hydrogen-bond acceptors (Lipinski definition) is 3. The number of carbonyl (C=O) groups is 1. The first-order chi connectivity index (χ1) is 8.37. The third kappa shape index (κ3) is 2.70. The lowest BCUT2D eigenvalue weighted by molar-refractivity contribution is -0.274. The zero-order valence-electron chi connectivity index (χ0n) is 8.82. The molecule has 1 saturated heterocycles. The predicted molar refractivity (Wildman–Crippen MR) is 61.2 cm³/mol. The van der Waals surface area contributed by atoms with E-state index in [1.54, 1.807) is 0 Å². The molecule has 1 aromatic carbocycles. The van der Waals surface area contributed by atoms with E-state index in [2.05, 4.69) is 10.1 Å². The molecule has 1 N–H and O–H groups in total. The van der Waals surface area contributed by atoms with Gasteiger partial charge in [-0.1, -0.05) is 0 Å². The molecule has 4 nitrogen and oxygen atoms in total. The first-order valence-corrected chi connectivity index (χ1v) is 5.24. The molecule has 1 aromatic rings. The monoisotopic (exact) mass is 276 g/mol. The van der Waals surface area contributed by atoms with Gasteiger partial charge >= 0.3 is 6.36 Å². The molecule has 0 radical (unpaired) electrons. The standard InChI is InChI=1S/C10H7F3N2O2S/c11-10(12,13)17-7-3-1-6(2-4-7)15-8(16)5-14-9(15)18/h1-4H,5H2,(H,14,18). The summed E-state index contributed by atoms with van der Waals surface area (Å²) >= 11 is 4.90. The Balaban J connectivity index is 2.17. The van der Waals surface area contributed by atoms with Crippen molar-refractivity contribution in [1.29, 1.82) is 0 Å². The van der Waals surface area contributed by atoms with Crippen LogP contribution in [-0.2, 0) is 4.79 Å². The highest BCUT2D eigenvalue weighted by atomic mass is 32.1. The normalized spacial score (nSPS) is 15.8. The van der Waals surface area contributed by atoms with E-state index in [1.807, 2.05) is 0 Å². The van der Waals surface area contributed by atoms with Crippen LogP contribution in [0.4, 0.5) is 18.9 Å². The maximum atomic E-state index is 11.9. The lowest BCUT2D eigenvalue weighted by Crippen LogP contribution is -2.30. The summed E-state index contributed by atoms with van der Waals surface area (Å²) in [6.07, 6.45) is -4.73. The molecule has 1 amide bonds. The van der Waals surface area contributed by atoms with Crippen LogP contribution in [0.15, 0.2) is 24.3 Å². The number of thiocarbonyl (C=S) groups is 1. The minimum atomic E-state index is -4.73. The summed E-state index contributed by atoms with van der Waals surface area (Å²) < 4.78 is 39.6. The molecule has 0 saturated carbocycles. The van der Waals surface area contributed by atoms with Gasteiger partial charge in [-0.2, -0.15) is 0 Å². The van der Waals surface area contributed by atoms with Crippen LogP contribution < -0.4 is 15.0 Å². The highest BCUT2D eigenvalue weighted by Gasteiger charge is 2.31. The van der Waals surface area contributed by atoms with E-state index in [1.165, 1.54) is 17.0 Å². The summed E-state index contributed by atoms with van der Waals surface area (Å²) in [4.78, 5) is 12.7. The zero-order valence-corrected chi connectivity index (χ0v) is 9.64. The molecule has 2 rings (SSSR count). The van der Waals surface area contributed by atoms with Crippen LogP contribution in [0.1, 0.15) is 0 Å². The van der Waals surface area contributed by atoms with Crippen molar-refractivity contribution in [2.45, 2.75) is 6.36 Å². The summed E-state index contributed by atoms with van der Waals surface area (Å²) in [5, 5.41) is 2.89. The van der Waals surface area contributed by atoms with Gasteiger partial charge in [0.25, 0.3) is 5.91 Å². The minimum absolute atomic E-state index is 0.0830. The third-order valence-electron chi connectivity index (χ3n) is 2.17. The summed E-state index contributed by atoms with van der Waals surface area (Å²) in [6.45, 7) is 0.0830. The Morgan fingerprint density at radius 1 is 1.28 bits per heavy atom. The molecule has 0 aromatic heterocycles. The lowest BCUT2D eigenvalue weighted by atomic mass is 10.3. The number of halogens is 3. The van der Waals surface area contributed by atoms with Crippen molar-refractivity contribution >= 4 is 28.9 Å². The molecule has 0 atom stereocenters. The first kappa shape index (κ1) is 12.6. The van der Waals surface area contributed by atoms with E-state index in [0.29, 0.717) is 5.69 Å². The Morgan fingerprint density at radius 3 is 2.33 bits per heavy atom. The SMILES string of the molecule is O=C1CNC(=S)N1c1ccc(OC(F)(F)F)cc1. The molecule has 1 aliphatic heterocycles. The average molecular weight is 276 g/mol. The summed E-state index contributed by atoms with van der Waals surface area (Å²) in [5.41, 5.74) is 0.393. The highest BCUT2D eigenvalue weighted by Crippen LogP contribution is 2.26. The number of amides is 1. The predicted octanol–water partition coefficient (Wildman–Crippen LogP) is 1.81. The molecule has 0 bridgehead atoms. The fraction of sp³-hybridized carbons (Fsp3) is 0.200. The summed E-state index contributed by atoms with van der Waals surface area (Å²) in [6, 6.07) is 4.91. The number of hydrogen-bond donors (Lipinski definition) is 1.